The summed E-state index contributed by atoms with van der Waals surface area (Å²) in [6, 6.07) is 2.36. The molecule has 2 atom stereocenters. The molecule has 4 rings (SSSR count). The second-order valence-corrected chi connectivity index (χ2v) is 8.35. The van der Waals surface area contributed by atoms with Crippen molar-refractivity contribution in [2.24, 2.45) is 11.8 Å². The Hall–Kier alpha value is -1.85. The van der Waals surface area contributed by atoms with Crippen molar-refractivity contribution in [3.63, 3.8) is 0 Å². The van der Waals surface area contributed by atoms with Gasteiger partial charge in [-0.05, 0) is 38.0 Å². The van der Waals surface area contributed by atoms with E-state index in [-0.39, 0.29) is 5.92 Å². The quantitative estimate of drug-likeness (QED) is 0.898. The van der Waals surface area contributed by atoms with Gasteiger partial charge in [-0.25, -0.2) is 9.97 Å². The zero-order valence-electron chi connectivity index (χ0n) is 15.9. The minimum Gasteiger partial charge on any atom is -0.365 e. The van der Waals surface area contributed by atoms with Gasteiger partial charge in [0.2, 0.25) is 5.91 Å². The first-order valence-electron chi connectivity index (χ1n) is 10.3. The molecule has 0 aromatic carbocycles. The maximum atomic E-state index is 12.6. The standard InChI is InChI=1S/C20H31N5O/c1-15-5-4-9-24(12-15)19-11-18(21-14-22-19)23-17-8-10-25(13-17)20(26)16-6-2-3-7-16/h11,14-17H,2-10,12-13H2,1H3,(H,21,22,23). The molecular formula is C20H31N5O. The van der Waals surface area contributed by atoms with E-state index in [2.05, 4.69) is 38.1 Å². The number of carbonyl (C=O) groups is 1. The van der Waals surface area contributed by atoms with E-state index >= 15 is 0 Å². The van der Waals surface area contributed by atoms with Crippen LogP contribution in [0, 0.1) is 11.8 Å². The second-order valence-electron chi connectivity index (χ2n) is 8.35. The molecule has 3 fully saturated rings. The summed E-state index contributed by atoms with van der Waals surface area (Å²) in [6.45, 7) is 6.13. The van der Waals surface area contributed by atoms with Crippen LogP contribution in [0.2, 0.25) is 0 Å². The molecule has 0 bridgehead atoms. The van der Waals surface area contributed by atoms with E-state index in [0.29, 0.717) is 11.9 Å². The largest absolute Gasteiger partial charge is 0.365 e. The number of hydrogen-bond acceptors (Lipinski definition) is 5. The Morgan fingerprint density at radius 3 is 2.73 bits per heavy atom. The van der Waals surface area contributed by atoms with Crippen LogP contribution in [0.3, 0.4) is 0 Å². The Labute approximate surface area is 156 Å². The molecule has 0 spiro atoms. The SMILES string of the molecule is CC1CCCN(c2cc(NC3CCN(C(=O)C4CCCC4)C3)ncn2)C1. The van der Waals surface area contributed by atoms with Gasteiger partial charge in [0.05, 0.1) is 0 Å². The summed E-state index contributed by atoms with van der Waals surface area (Å²) >= 11 is 0. The number of aromatic nitrogens is 2. The molecule has 2 unspecified atom stereocenters. The smallest absolute Gasteiger partial charge is 0.225 e. The van der Waals surface area contributed by atoms with Crippen LogP contribution in [-0.4, -0.2) is 53.0 Å². The lowest BCUT2D eigenvalue weighted by Crippen LogP contribution is -2.35. The van der Waals surface area contributed by atoms with Gasteiger partial charge in [0, 0.05) is 44.2 Å². The van der Waals surface area contributed by atoms with Gasteiger partial charge in [-0.3, -0.25) is 4.79 Å². The Balaban J connectivity index is 1.34. The number of nitrogens with one attached hydrogen (secondary N) is 1. The Bertz CT molecular complexity index is 630. The summed E-state index contributed by atoms with van der Waals surface area (Å²) in [5.74, 6) is 3.28. The molecule has 1 saturated carbocycles. The number of hydrogen-bond donors (Lipinski definition) is 1. The van der Waals surface area contributed by atoms with E-state index in [4.69, 9.17) is 0 Å². The Morgan fingerprint density at radius 2 is 1.92 bits per heavy atom. The molecule has 6 nitrogen and oxygen atoms in total. The van der Waals surface area contributed by atoms with Crippen molar-refractivity contribution in [3.05, 3.63) is 12.4 Å². The van der Waals surface area contributed by atoms with E-state index in [1.165, 1.54) is 25.7 Å². The van der Waals surface area contributed by atoms with Gasteiger partial charge < -0.3 is 15.1 Å². The molecule has 0 radical (unpaired) electrons. The maximum absolute atomic E-state index is 12.6. The normalized spacial score (nSPS) is 27.1. The molecule has 1 amide bonds. The fourth-order valence-corrected chi connectivity index (χ4v) is 4.71. The highest BCUT2D eigenvalue weighted by Crippen LogP contribution is 2.28. The molecule has 142 valence electrons. The van der Waals surface area contributed by atoms with Crippen molar-refractivity contribution in [2.75, 3.05) is 36.4 Å². The predicted molar refractivity (Wildman–Crippen MR) is 103 cm³/mol. The summed E-state index contributed by atoms with van der Waals surface area (Å²) in [5.41, 5.74) is 0. The molecule has 2 saturated heterocycles. The summed E-state index contributed by atoms with van der Waals surface area (Å²) in [7, 11) is 0. The van der Waals surface area contributed by atoms with E-state index in [0.717, 1.165) is 63.0 Å². The highest BCUT2D eigenvalue weighted by Gasteiger charge is 2.32. The van der Waals surface area contributed by atoms with E-state index < -0.39 is 0 Å². The van der Waals surface area contributed by atoms with Crippen molar-refractivity contribution in [1.82, 2.24) is 14.9 Å². The number of nitrogens with zero attached hydrogens (tertiary/aromatic N) is 4. The zero-order valence-corrected chi connectivity index (χ0v) is 15.9. The molecule has 2 aliphatic heterocycles. The number of piperidine rings is 1. The number of carbonyl (C=O) groups excluding carboxylic acids is 1. The summed E-state index contributed by atoms with van der Waals surface area (Å²) in [6.07, 6.45) is 9.78. The number of amides is 1. The molecule has 1 aromatic heterocycles. The van der Waals surface area contributed by atoms with Crippen molar-refractivity contribution in [1.29, 1.82) is 0 Å². The van der Waals surface area contributed by atoms with Crippen molar-refractivity contribution < 1.29 is 4.79 Å². The number of likely N-dealkylation sites (tertiary alicyclic amines) is 1. The first-order chi connectivity index (χ1) is 12.7. The fourth-order valence-electron chi connectivity index (χ4n) is 4.71. The van der Waals surface area contributed by atoms with Gasteiger partial charge in [0.1, 0.15) is 18.0 Å². The van der Waals surface area contributed by atoms with Crippen LogP contribution in [0.4, 0.5) is 11.6 Å². The molecular weight excluding hydrogens is 326 g/mol. The van der Waals surface area contributed by atoms with Gasteiger partial charge in [-0.2, -0.15) is 0 Å². The Kier molecular flexibility index (Phi) is 5.27. The van der Waals surface area contributed by atoms with Crippen LogP contribution in [0.25, 0.3) is 0 Å². The first-order valence-corrected chi connectivity index (χ1v) is 10.3. The van der Waals surface area contributed by atoms with Crippen LogP contribution < -0.4 is 10.2 Å². The highest BCUT2D eigenvalue weighted by molar-refractivity contribution is 5.79. The van der Waals surface area contributed by atoms with Gasteiger partial charge in [0.25, 0.3) is 0 Å². The lowest BCUT2D eigenvalue weighted by atomic mass is 10.0. The summed E-state index contributed by atoms with van der Waals surface area (Å²) < 4.78 is 0. The molecule has 1 N–H and O–H groups in total. The lowest BCUT2D eigenvalue weighted by molar-refractivity contribution is -0.134. The highest BCUT2D eigenvalue weighted by atomic mass is 16.2. The van der Waals surface area contributed by atoms with Crippen LogP contribution in [0.5, 0.6) is 0 Å². The number of rotatable bonds is 4. The molecule has 3 aliphatic rings. The maximum Gasteiger partial charge on any atom is 0.225 e. The molecule has 26 heavy (non-hydrogen) atoms. The first kappa shape index (κ1) is 17.6. The summed E-state index contributed by atoms with van der Waals surface area (Å²) in [5, 5.41) is 3.54. The van der Waals surface area contributed by atoms with Gasteiger partial charge >= 0.3 is 0 Å². The van der Waals surface area contributed by atoms with Crippen LogP contribution >= 0.6 is 0 Å². The minimum atomic E-state index is 0.278. The molecule has 6 heteroatoms. The van der Waals surface area contributed by atoms with E-state index in [9.17, 15) is 4.79 Å². The van der Waals surface area contributed by atoms with Gasteiger partial charge in [-0.1, -0.05) is 19.8 Å². The van der Waals surface area contributed by atoms with Crippen molar-refractivity contribution in [3.8, 4) is 0 Å². The molecule has 1 aliphatic carbocycles. The topological polar surface area (TPSA) is 61.4 Å². The van der Waals surface area contributed by atoms with Crippen LogP contribution in [0.15, 0.2) is 12.4 Å². The third-order valence-corrected chi connectivity index (χ3v) is 6.19. The van der Waals surface area contributed by atoms with E-state index in [1.54, 1.807) is 6.33 Å². The average molecular weight is 358 g/mol. The van der Waals surface area contributed by atoms with E-state index in [1.807, 2.05) is 0 Å². The molecule has 1 aromatic rings. The third-order valence-electron chi connectivity index (χ3n) is 6.19. The fraction of sp³-hybridized carbons (Fsp3) is 0.750. The monoisotopic (exact) mass is 357 g/mol. The van der Waals surface area contributed by atoms with Crippen molar-refractivity contribution in [2.45, 2.75) is 57.9 Å². The Morgan fingerprint density at radius 1 is 1.08 bits per heavy atom. The van der Waals surface area contributed by atoms with Crippen LogP contribution in [0.1, 0.15) is 51.9 Å². The van der Waals surface area contributed by atoms with Crippen LogP contribution in [-0.2, 0) is 4.79 Å². The lowest BCUT2D eigenvalue weighted by Gasteiger charge is -2.32. The van der Waals surface area contributed by atoms with Gasteiger partial charge in [0.15, 0.2) is 0 Å². The average Bonchev–Trinajstić information content (AvgIpc) is 3.33. The third kappa shape index (κ3) is 3.94. The minimum absolute atomic E-state index is 0.278. The van der Waals surface area contributed by atoms with Gasteiger partial charge in [-0.15, -0.1) is 0 Å². The summed E-state index contributed by atoms with van der Waals surface area (Å²) in [4.78, 5) is 25.9. The molecule has 3 heterocycles. The second kappa shape index (κ2) is 7.80. The number of anilines is 2. The zero-order chi connectivity index (χ0) is 17.9. The van der Waals surface area contributed by atoms with Crippen molar-refractivity contribution >= 4 is 17.5 Å². The predicted octanol–water partition coefficient (Wildman–Crippen LogP) is 2.92.